The van der Waals surface area contributed by atoms with Crippen molar-refractivity contribution in [1.82, 2.24) is 4.98 Å². The third-order valence-electron chi connectivity index (χ3n) is 2.13. The molecule has 0 unspecified atom stereocenters. The zero-order valence-electron chi connectivity index (χ0n) is 8.72. The Balaban J connectivity index is 2.13. The number of hydrogen-bond donors (Lipinski definition) is 2. The highest BCUT2D eigenvalue weighted by atomic mass is 35.5. The molecule has 0 amide bonds. The quantitative estimate of drug-likeness (QED) is 0.876. The number of nitrogens with zero attached hydrogens (tertiary/aromatic N) is 1. The number of aromatic carboxylic acids is 1. The molecule has 4 nitrogen and oxygen atoms in total. The van der Waals surface area contributed by atoms with Crippen LogP contribution < -0.4 is 5.32 Å². The van der Waals surface area contributed by atoms with Crippen LogP contribution in [0.2, 0.25) is 5.02 Å². The summed E-state index contributed by atoms with van der Waals surface area (Å²) < 4.78 is 0. The molecule has 0 atom stereocenters. The number of carboxylic acid groups (broad SMARTS) is 1. The fraction of sp³-hybridized carbons (Fsp3) is 0. The highest BCUT2D eigenvalue weighted by molar-refractivity contribution is 6.30. The molecule has 1 heterocycles. The normalized spacial score (nSPS) is 9.94. The van der Waals surface area contributed by atoms with Gasteiger partial charge in [-0.05, 0) is 36.4 Å². The number of benzene rings is 1. The van der Waals surface area contributed by atoms with Gasteiger partial charge in [0.15, 0.2) is 0 Å². The molecule has 5 heteroatoms. The van der Waals surface area contributed by atoms with Gasteiger partial charge in [-0.25, -0.2) is 9.78 Å². The minimum Gasteiger partial charge on any atom is -0.478 e. The number of carbonyl (C=O) groups is 1. The summed E-state index contributed by atoms with van der Waals surface area (Å²) in [4.78, 5) is 14.7. The molecule has 2 aromatic rings. The van der Waals surface area contributed by atoms with Gasteiger partial charge in [-0.2, -0.15) is 0 Å². The maximum absolute atomic E-state index is 10.7. The molecule has 0 spiro atoms. The Morgan fingerprint density at radius 1 is 1.18 bits per heavy atom. The van der Waals surface area contributed by atoms with Crippen LogP contribution in [-0.4, -0.2) is 16.1 Å². The van der Waals surface area contributed by atoms with Crippen LogP contribution in [0.5, 0.6) is 0 Å². The van der Waals surface area contributed by atoms with Crippen molar-refractivity contribution >= 4 is 29.1 Å². The predicted octanol–water partition coefficient (Wildman–Crippen LogP) is 3.18. The number of pyridine rings is 1. The first-order chi connectivity index (χ1) is 8.15. The van der Waals surface area contributed by atoms with Crippen molar-refractivity contribution in [3.05, 3.63) is 53.2 Å². The first-order valence-corrected chi connectivity index (χ1v) is 5.25. The van der Waals surface area contributed by atoms with E-state index in [4.69, 9.17) is 16.7 Å². The number of hydrogen-bond acceptors (Lipinski definition) is 3. The molecule has 1 aromatic heterocycles. The largest absolute Gasteiger partial charge is 0.478 e. The van der Waals surface area contributed by atoms with Crippen LogP contribution in [-0.2, 0) is 0 Å². The maximum Gasteiger partial charge on any atom is 0.335 e. The average molecular weight is 249 g/mol. The molecule has 0 radical (unpaired) electrons. The molecule has 2 rings (SSSR count). The minimum absolute atomic E-state index is 0.250. The first kappa shape index (κ1) is 11.4. The van der Waals surface area contributed by atoms with E-state index in [1.807, 2.05) is 0 Å². The lowest BCUT2D eigenvalue weighted by Gasteiger charge is -2.05. The summed E-state index contributed by atoms with van der Waals surface area (Å²) in [6.45, 7) is 0. The van der Waals surface area contributed by atoms with Gasteiger partial charge in [0.05, 0.1) is 10.6 Å². The second-order valence-corrected chi connectivity index (χ2v) is 3.81. The number of carboxylic acids is 1. The van der Waals surface area contributed by atoms with E-state index in [-0.39, 0.29) is 5.56 Å². The van der Waals surface area contributed by atoms with Crippen LogP contribution in [0.3, 0.4) is 0 Å². The summed E-state index contributed by atoms with van der Waals surface area (Å²) in [6, 6.07) is 9.89. The van der Waals surface area contributed by atoms with Crippen LogP contribution in [0.4, 0.5) is 11.5 Å². The van der Waals surface area contributed by atoms with Gasteiger partial charge >= 0.3 is 5.97 Å². The SMILES string of the molecule is O=C(O)c1ccc(Nc2ccc(Cl)cn2)cc1. The van der Waals surface area contributed by atoms with Crippen LogP contribution >= 0.6 is 11.6 Å². The molecule has 0 aliphatic carbocycles. The van der Waals surface area contributed by atoms with Crippen molar-refractivity contribution in [2.75, 3.05) is 5.32 Å². The van der Waals surface area contributed by atoms with E-state index >= 15 is 0 Å². The maximum atomic E-state index is 10.7. The third-order valence-corrected chi connectivity index (χ3v) is 2.36. The monoisotopic (exact) mass is 248 g/mol. The molecule has 17 heavy (non-hydrogen) atoms. The van der Waals surface area contributed by atoms with Crippen molar-refractivity contribution in [2.45, 2.75) is 0 Å². The zero-order valence-corrected chi connectivity index (χ0v) is 9.48. The van der Waals surface area contributed by atoms with Gasteiger partial charge in [0.2, 0.25) is 0 Å². The van der Waals surface area contributed by atoms with E-state index in [1.54, 1.807) is 24.3 Å². The Kier molecular flexibility index (Phi) is 3.25. The lowest BCUT2D eigenvalue weighted by atomic mass is 10.2. The molecular formula is C12H9ClN2O2. The summed E-state index contributed by atoms with van der Waals surface area (Å²) in [5.74, 6) is -0.293. The van der Waals surface area contributed by atoms with Crippen LogP contribution in [0.1, 0.15) is 10.4 Å². The molecule has 0 saturated carbocycles. The van der Waals surface area contributed by atoms with Gasteiger partial charge in [-0.1, -0.05) is 11.6 Å². The van der Waals surface area contributed by atoms with Crippen molar-refractivity contribution in [1.29, 1.82) is 0 Å². The van der Waals surface area contributed by atoms with E-state index in [9.17, 15) is 4.79 Å². The topological polar surface area (TPSA) is 62.2 Å². The molecule has 0 saturated heterocycles. The van der Waals surface area contributed by atoms with Gasteiger partial charge in [-0.15, -0.1) is 0 Å². The number of rotatable bonds is 3. The minimum atomic E-state index is -0.943. The Labute approximate surface area is 103 Å². The van der Waals surface area contributed by atoms with E-state index < -0.39 is 5.97 Å². The Bertz CT molecular complexity index is 523. The average Bonchev–Trinajstić information content (AvgIpc) is 2.33. The van der Waals surface area contributed by atoms with E-state index in [0.717, 1.165) is 5.69 Å². The smallest absolute Gasteiger partial charge is 0.335 e. The lowest BCUT2D eigenvalue weighted by molar-refractivity contribution is 0.0697. The van der Waals surface area contributed by atoms with E-state index in [0.29, 0.717) is 10.8 Å². The van der Waals surface area contributed by atoms with Gasteiger partial charge in [0, 0.05) is 11.9 Å². The van der Waals surface area contributed by atoms with Crippen molar-refractivity contribution < 1.29 is 9.90 Å². The highest BCUT2D eigenvalue weighted by Crippen LogP contribution is 2.16. The van der Waals surface area contributed by atoms with Gasteiger partial charge < -0.3 is 10.4 Å². The molecular weight excluding hydrogens is 240 g/mol. The first-order valence-electron chi connectivity index (χ1n) is 4.87. The Morgan fingerprint density at radius 2 is 1.88 bits per heavy atom. The summed E-state index contributed by atoms with van der Waals surface area (Å²) >= 11 is 5.71. The summed E-state index contributed by atoms with van der Waals surface area (Å²) in [5, 5.41) is 12.3. The molecule has 1 aromatic carbocycles. The van der Waals surface area contributed by atoms with Gasteiger partial charge in [0.25, 0.3) is 0 Å². The van der Waals surface area contributed by atoms with Crippen LogP contribution in [0.15, 0.2) is 42.6 Å². The number of halogens is 1. The number of anilines is 2. The fourth-order valence-electron chi connectivity index (χ4n) is 1.29. The van der Waals surface area contributed by atoms with E-state index in [1.165, 1.54) is 18.3 Å². The lowest BCUT2D eigenvalue weighted by Crippen LogP contribution is -1.97. The zero-order chi connectivity index (χ0) is 12.3. The van der Waals surface area contributed by atoms with Gasteiger partial charge in [0.1, 0.15) is 5.82 Å². The Morgan fingerprint density at radius 3 is 2.41 bits per heavy atom. The molecule has 0 aliphatic heterocycles. The van der Waals surface area contributed by atoms with Crippen molar-refractivity contribution in [2.24, 2.45) is 0 Å². The second-order valence-electron chi connectivity index (χ2n) is 3.37. The predicted molar refractivity (Wildman–Crippen MR) is 65.9 cm³/mol. The summed E-state index contributed by atoms with van der Waals surface area (Å²) in [7, 11) is 0. The molecule has 2 N–H and O–H groups in total. The third kappa shape index (κ3) is 2.95. The van der Waals surface area contributed by atoms with Gasteiger partial charge in [-0.3, -0.25) is 0 Å². The van der Waals surface area contributed by atoms with Crippen molar-refractivity contribution in [3.8, 4) is 0 Å². The standard InChI is InChI=1S/C12H9ClN2O2/c13-9-3-6-11(14-7-9)15-10-4-1-8(2-5-10)12(16)17/h1-7H,(H,14,15)(H,16,17). The molecule has 0 aliphatic rings. The summed E-state index contributed by atoms with van der Waals surface area (Å²) in [5.41, 5.74) is 1.02. The molecule has 86 valence electrons. The number of nitrogens with one attached hydrogen (secondary N) is 1. The van der Waals surface area contributed by atoms with Crippen molar-refractivity contribution in [3.63, 3.8) is 0 Å². The molecule has 0 bridgehead atoms. The second kappa shape index (κ2) is 4.84. The van der Waals surface area contributed by atoms with E-state index in [2.05, 4.69) is 10.3 Å². The van der Waals surface area contributed by atoms with Crippen LogP contribution in [0, 0.1) is 0 Å². The number of aromatic nitrogens is 1. The summed E-state index contributed by atoms with van der Waals surface area (Å²) in [6.07, 6.45) is 1.54. The molecule has 0 fully saturated rings. The van der Waals surface area contributed by atoms with Crippen LogP contribution in [0.25, 0.3) is 0 Å². The highest BCUT2D eigenvalue weighted by Gasteiger charge is 2.02. The Hall–Kier alpha value is -2.07. The fourth-order valence-corrected chi connectivity index (χ4v) is 1.41.